The summed E-state index contributed by atoms with van der Waals surface area (Å²) in [6, 6.07) is 2.39. The van der Waals surface area contributed by atoms with Crippen LogP contribution in [0.25, 0.3) is 0 Å². The summed E-state index contributed by atoms with van der Waals surface area (Å²) >= 11 is 9.06. The number of anilines is 1. The Morgan fingerprint density at radius 3 is 2.48 bits per heavy atom. The SMILES string of the molecule is CC(C)(C)C(CCO)NS(=O)(=O)c1cc(Cl)cc(N)c1Br. The fraction of sp³-hybridized carbons (Fsp3) is 0.538. The fourth-order valence-corrected chi connectivity index (χ4v) is 4.60. The molecule has 0 aromatic heterocycles. The van der Waals surface area contributed by atoms with E-state index in [1.54, 1.807) is 0 Å². The van der Waals surface area contributed by atoms with E-state index in [0.29, 0.717) is 6.42 Å². The van der Waals surface area contributed by atoms with Gasteiger partial charge in [0.2, 0.25) is 10.0 Å². The van der Waals surface area contributed by atoms with Gasteiger partial charge in [-0.1, -0.05) is 32.4 Å². The molecule has 120 valence electrons. The second kappa shape index (κ2) is 6.83. The number of hydrogen-bond acceptors (Lipinski definition) is 4. The van der Waals surface area contributed by atoms with Crippen LogP contribution in [0.4, 0.5) is 5.69 Å². The first-order valence-electron chi connectivity index (χ1n) is 6.36. The van der Waals surface area contributed by atoms with Gasteiger partial charge in [-0.25, -0.2) is 13.1 Å². The Hall–Kier alpha value is -0.340. The highest BCUT2D eigenvalue weighted by atomic mass is 79.9. The van der Waals surface area contributed by atoms with E-state index >= 15 is 0 Å². The molecule has 0 amide bonds. The summed E-state index contributed by atoms with van der Waals surface area (Å²) in [6.07, 6.45) is 0.316. The molecule has 1 aromatic rings. The summed E-state index contributed by atoms with van der Waals surface area (Å²) in [5.41, 5.74) is 5.64. The molecule has 0 spiro atoms. The van der Waals surface area contributed by atoms with Gasteiger partial charge in [0, 0.05) is 23.4 Å². The van der Waals surface area contributed by atoms with E-state index in [4.69, 9.17) is 22.4 Å². The number of halogens is 2. The number of benzene rings is 1. The van der Waals surface area contributed by atoms with Crippen molar-refractivity contribution in [2.24, 2.45) is 5.41 Å². The quantitative estimate of drug-likeness (QED) is 0.664. The number of aliphatic hydroxyl groups excluding tert-OH is 1. The van der Waals surface area contributed by atoms with Crippen LogP contribution in [0.2, 0.25) is 5.02 Å². The molecule has 8 heteroatoms. The van der Waals surface area contributed by atoms with Crippen LogP contribution in [0, 0.1) is 5.41 Å². The third-order valence-corrected chi connectivity index (χ3v) is 5.94. The molecule has 0 aliphatic rings. The van der Waals surface area contributed by atoms with Crippen LogP contribution in [0.15, 0.2) is 21.5 Å². The molecule has 1 aromatic carbocycles. The summed E-state index contributed by atoms with van der Waals surface area (Å²) in [5.74, 6) is 0. The summed E-state index contributed by atoms with van der Waals surface area (Å²) in [6.45, 7) is 5.59. The van der Waals surface area contributed by atoms with Gasteiger partial charge < -0.3 is 10.8 Å². The number of nitrogens with one attached hydrogen (secondary N) is 1. The Morgan fingerprint density at radius 1 is 1.43 bits per heavy atom. The Kier molecular flexibility index (Phi) is 6.08. The van der Waals surface area contributed by atoms with Crippen molar-refractivity contribution in [2.45, 2.75) is 38.1 Å². The van der Waals surface area contributed by atoms with Gasteiger partial charge in [0.1, 0.15) is 0 Å². The molecule has 0 aliphatic heterocycles. The fourth-order valence-electron chi connectivity index (χ4n) is 1.83. The zero-order chi connectivity index (χ0) is 16.4. The van der Waals surface area contributed by atoms with Gasteiger partial charge >= 0.3 is 0 Å². The van der Waals surface area contributed by atoms with Gasteiger partial charge in [-0.15, -0.1) is 0 Å². The lowest BCUT2D eigenvalue weighted by atomic mass is 9.86. The molecule has 5 nitrogen and oxygen atoms in total. The molecule has 1 rings (SSSR count). The van der Waals surface area contributed by atoms with Crippen LogP contribution in [-0.4, -0.2) is 26.2 Å². The lowest BCUT2D eigenvalue weighted by Crippen LogP contribution is -2.44. The number of nitrogen functional groups attached to an aromatic ring is 1. The van der Waals surface area contributed by atoms with E-state index in [1.165, 1.54) is 12.1 Å². The maximum absolute atomic E-state index is 12.6. The zero-order valence-corrected chi connectivity index (χ0v) is 15.3. The smallest absolute Gasteiger partial charge is 0.242 e. The molecular weight excluding hydrogens is 380 g/mol. The molecule has 0 heterocycles. The second-order valence-corrected chi connectivity index (χ2v) is 8.77. The van der Waals surface area contributed by atoms with Crippen LogP contribution in [0.3, 0.4) is 0 Å². The summed E-state index contributed by atoms with van der Waals surface area (Å²) in [5, 5.41) is 9.37. The van der Waals surface area contributed by atoms with E-state index < -0.39 is 16.1 Å². The first kappa shape index (κ1) is 18.7. The molecule has 0 radical (unpaired) electrons. The third kappa shape index (κ3) is 4.82. The summed E-state index contributed by atoms with van der Waals surface area (Å²) < 4.78 is 28.0. The van der Waals surface area contributed by atoms with Crippen molar-refractivity contribution >= 4 is 43.2 Å². The Bertz CT molecular complexity index is 615. The topological polar surface area (TPSA) is 92.4 Å². The predicted octanol–water partition coefficient (Wildman–Crippen LogP) is 2.76. The van der Waals surface area contributed by atoms with Gasteiger partial charge in [0.15, 0.2) is 0 Å². The van der Waals surface area contributed by atoms with Crippen molar-refractivity contribution in [2.75, 3.05) is 12.3 Å². The summed E-state index contributed by atoms with van der Waals surface area (Å²) in [7, 11) is -3.81. The number of rotatable bonds is 5. The zero-order valence-electron chi connectivity index (χ0n) is 12.2. The number of nitrogens with two attached hydrogens (primary N) is 1. The van der Waals surface area contributed by atoms with Crippen molar-refractivity contribution in [3.05, 3.63) is 21.6 Å². The van der Waals surface area contributed by atoms with E-state index in [-0.39, 0.29) is 32.1 Å². The molecule has 21 heavy (non-hydrogen) atoms. The highest BCUT2D eigenvalue weighted by Gasteiger charge is 2.30. The average Bonchev–Trinajstić information content (AvgIpc) is 2.31. The predicted molar refractivity (Wildman–Crippen MR) is 88.8 cm³/mol. The van der Waals surface area contributed by atoms with Gasteiger partial charge in [0.05, 0.1) is 9.37 Å². The lowest BCUT2D eigenvalue weighted by Gasteiger charge is -2.31. The van der Waals surface area contributed by atoms with E-state index in [1.807, 2.05) is 20.8 Å². The first-order valence-corrected chi connectivity index (χ1v) is 9.02. The van der Waals surface area contributed by atoms with Gasteiger partial charge in [0.25, 0.3) is 0 Å². The van der Waals surface area contributed by atoms with Gasteiger partial charge in [-0.2, -0.15) is 0 Å². The van der Waals surface area contributed by atoms with Crippen molar-refractivity contribution in [1.29, 1.82) is 0 Å². The largest absolute Gasteiger partial charge is 0.398 e. The van der Waals surface area contributed by atoms with Gasteiger partial charge in [-0.3, -0.25) is 0 Å². The lowest BCUT2D eigenvalue weighted by molar-refractivity contribution is 0.214. The molecule has 1 atom stereocenters. The van der Waals surface area contributed by atoms with Gasteiger partial charge in [-0.05, 0) is 39.9 Å². The minimum absolute atomic E-state index is 0.0142. The molecule has 0 fully saturated rings. The molecule has 0 saturated heterocycles. The molecular formula is C13H20BrClN2O3S. The maximum atomic E-state index is 12.6. The van der Waals surface area contributed by atoms with Crippen LogP contribution in [0.5, 0.6) is 0 Å². The molecule has 4 N–H and O–H groups in total. The average molecular weight is 400 g/mol. The Balaban J connectivity index is 3.23. The highest BCUT2D eigenvalue weighted by Crippen LogP contribution is 2.32. The van der Waals surface area contributed by atoms with Crippen molar-refractivity contribution in [3.8, 4) is 0 Å². The van der Waals surface area contributed by atoms with Crippen molar-refractivity contribution in [1.82, 2.24) is 4.72 Å². The van der Waals surface area contributed by atoms with Crippen molar-refractivity contribution < 1.29 is 13.5 Å². The molecule has 0 aliphatic carbocycles. The van der Waals surface area contributed by atoms with E-state index in [9.17, 15) is 8.42 Å². The highest BCUT2D eigenvalue weighted by molar-refractivity contribution is 9.10. The maximum Gasteiger partial charge on any atom is 0.242 e. The standard InChI is InChI=1S/C13H20BrClN2O3S/c1-13(2,3)11(4-5-18)17-21(19,20)10-7-8(15)6-9(16)12(10)14/h6-7,11,17-18H,4-5,16H2,1-3H3. The normalized spacial score (nSPS) is 14.2. The third-order valence-electron chi connectivity index (χ3n) is 3.08. The number of hydrogen-bond donors (Lipinski definition) is 3. The van der Waals surface area contributed by atoms with Crippen molar-refractivity contribution in [3.63, 3.8) is 0 Å². The molecule has 0 saturated carbocycles. The van der Waals surface area contributed by atoms with E-state index in [2.05, 4.69) is 20.7 Å². The number of aliphatic hydroxyl groups is 1. The minimum atomic E-state index is -3.81. The second-order valence-electron chi connectivity index (χ2n) is 5.86. The van der Waals surface area contributed by atoms with Crippen LogP contribution in [0.1, 0.15) is 27.2 Å². The first-order chi connectivity index (χ1) is 9.49. The van der Waals surface area contributed by atoms with Crippen LogP contribution >= 0.6 is 27.5 Å². The van der Waals surface area contributed by atoms with Crippen LogP contribution < -0.4 is 10.5 Å². The number of sulfonamides is 1. The van der Waals surface area contributed by atoms with E-state index in [0.717, 1.165) is 0 Å². The molecule has 0 bridgehead atoms. The van der Waals surface area contributed by atoms with Crippen LogP contribution in [-0.2, 0) is 10.0 Å². The Morgan fingerprint density at radius 2 is 2.00 bits per heavy atom. The molecule has 1 unspecified atom stereocenters. The minimum Gasteiger partial charge on any atom is -0.398 e. The monoisotopic (exact) mass is 398 g/mol. The summed E-state index contributed by atoms with van der Waals surface area (Å²) in [4.78, 5) is -0.0142. The Labute approximate surface area is 139 Å².